The molecule has 1 aromatic heterocycles. The minimum atomic E-state index is -0.288. The SMILES string of the molecule is O[C@H](CN1CCc2ccccc2C1)CN1CCC[C@H]1Cn1cccn1. The lowest BCUT2D eigenvalue weighted by Gasteiger charge is -2.32. The molecule has 5 nitrogen and oxygen atoms in total. The molecule has 1 fully saturated rings. The van der Waals surface area contributed by atoms with Crippen molar-refractivity contribution in [3.63, 3.8) is 0 Å². The van der Waals surface area contributed by atoms with Crippen LogP contribution >= 0.6 is 0 Å². The van der Waals surface area contributed by atoms with E-state index >= 15 is 0 Å². The quantitative estimate of drug-likeness (QED) is 0.870. The number of nitrogens with zero attached hydrogens (tertiary/aromatic N) is 4. The van der Waals surface area contributed by atoms with Crippen LogP contribution in [0.3, 0.4) is 0 Å². The molecule has 0 spiro atoms. The normalized spacial score (nSPS) is 22.8. The second-order valence-electron chi connectivity index (χ2n) is 7.43. The Balaban J connectivity index is 1.29. The summed E-state index contributed by atoms with van der Waals surface area (Å²) in [4.78, 5) is 4.84. The first-order chi connectivity index (χ1) is 12.3. The molecule has 0 unspecified atom stereocenters. The summed E-state index contributed by atoms with van der Waals surface area (Å²) in [5, 5.41) is 15.0. The monoisotopic (exact) mass is 340 g/mol. The zero-order valence-electron chi connectivity index (χ0n) is 14.8. The number of aliphatic hydroxyl groups excluding tert-OH is 1. The second kappa shape index (κ2) is 7.68. The van der Waals surface area contributed by atoms with E-state index in [9.17, 15) is 5.11 Å². The fourth-order valence-electron chi connectivity index (χ4n) is 4.30. The Morgan fingerprint density at radius 3 is 2.84 bits per heavy atom. The Labute approximate surface area is 149 Å². The summed E-state index contributed by atoms with van der Waals surface area (Å²) in [7, 11) is 0. The largest absolute Gasteiger partial charge is 0.390 e. The van der Waals surface area contributed by atoms with Crippen molar-refractivity contribution < 1.29 is 5.11 Å². The smallest absolute Gasteiger partial charge is 0.0794 e. The van der Waals surface area contributed by atoms with Crippen molar-refractivity contribution in [2.75, 3.05) is 26.2 Å². The molecule has 2 aliphatic rings. The van der Waals surface area contributed by atoms with E-state index in [0.29, 0.717) is 6.04 Å². The Morgan fingerprint density at radius 1 is 1.12 bits per heavy atom. The Bertz CT molecular complexity index is 672. The molecule has 134 valence electrons. The van der Waals surface area contributed by atoms with Crippen LogP contribution in [0, 0.1) is 0 Å². The second-order valence-corrected chi connectivity index (χ2v) is 7.43. The molecule has 0 aliphatic carbocycles. The van der Waals surface area contributed by atoms with Gasteiger partial charge in [0.25, 0.3) is 0 Å². The average molecular weight is 340 g/mol. The molecule has 25 heavy (non-hydrogen) atoms. The Hall–Kier alpha value is -1.69. The molecule has 0 bridgehead atoms. The lowest BCUT2D eigenvalue weighted by atomic mass is 10.00. The molecule has 3 heterocycles. The zero-order chi connectivity index (χ0) is 17.1. The Kier molecular flexibility index (Phi) is 5.15. The molecule has 4 rings (SSSR count). The Morgan fingerprint density at radius 2 is 2.00 bits per heavy atom. The van der Waals surface area contributed by atoms with Gasteiger partial charge < -0.3 is 5.11 Å². The average Bonchev–Trinajstić information content (AvgIpc) is 3.28. The molecular weight excluding hydrogens is 312 g/mol. The van der Waals surface area contributed by atoms with Crippen molar-refractivity contribution in [3.05, 3.63) is 53.9 Å². The molecule has 0 amide bonds. The molecular formula is C20H28N4O. The number of benzene rings is 1. The maximum Gasteiger partial charge on any atom is 0.0794 e. The molecule has 2 aromatic rings. The number of likely N-dealkylation sites (tertiary alicyclic amines) is 1. The molecule has 1 aromatic carbocycles. The fraction of sp³-hybridized carbons (Fsp3) is 0.550. The highest BCUT2D eigenvalue weighted by Crippen LogP contribution is 2.21. The van der Waals surface area contributed by atoms with Crippen LogP contribution in [-0.2, 0) is 19.5 Å². The van der Waals surface area contributed by atoms with Gasteiger partial charge in [-0.25, -0.2) is 0 Å². The first kappa shape index (κ1) is 16.8. The van der Waals surface area contributed by atoms with Gasteiger partial charge in [0.1, 0.15) is 0 Å². The van der Waals surface area contributed by atoms with Gasteiger partial charge in [0, 0.05) is 44.6 Å². The minimum Gasteiger partial charge on any atom is -0.390 e. The molecule has 2 aliphatic heterocycles. The van der Waals surface area contributed by atoms with Gasteiger partial charge in [-0.15, -0.1) is 0 Å². The first-order valence-corrected chi connectivity index (χ1v) is 9.46. The lowest BCUT2D eigenvalue weighted by molar-refractivity contribution is 0.0621. The summed E-state index contributed by atoms with van der Waals surface area (Å²) in [6, 6.07) is 11.2. The van der Waals surface area contributed by atoms with E-state index in [1.165, 1.54) is 24.0 Å². The molecule has 0 radical (unpaired) electrons. The summed E-state index contributed by atoms with van der Waals surface area (Å²) in [5.74, 6) is 0. The number of β-amino-alcohol motifs (C(OH)–C–C–N with tert-alkyl or cyclic N) is 1. The van der Waals surface area contributed by atoms with Crippen LogP contribution in [0.4, 0.5) is 0 Å². The van der Waals surface area contributed by atoms with E-state index < -0.39 is 0 Å². The van der Waals surface area contributed by atoms with E-state index in [1.54, 1.807) is 0 Å². The molecule has 5 heteroatoms. The van der Waals surface area contributed by atoms with Crippen LogP contribution in [0.2, 0.25) is 0 Å². The van der Waals surface area contributed by atoms with Crippen molar-refractivity contribution in [1.29, 1.82) is 0 Å². The summed E-state index contributed by atoms with van der Waals surface area (Å²) < 4.78 is 2.01. The third-order valence-electron chi connectivity index (χ3n) is 5.58. The number of hydrogen-bond donors (Lipinski definition) is 1. The number of aliphatic hydroxyl groups is 1. The van der Waals surface area contributed by atoms with Crippen LogP contribution in [0.1, 0.15) is 24.0 Å². The number of rotatable bonds is 6. The number of aromatic nitrogens is 2. The van der Waals surface area contributed by atoms with Gasteiger partial charge in [-0.2, -0.15) is 5.10 Å². The molecule has 1 N–H and O–H groups in total. The van der Waals surface area contributed by atoms with Gasteiger partial charge in [0.2, 0.25) is 0 Å². The van der Waals surface area contributed by atoms with E-state index in [1.807, 2.05) is 23.1 Å². The van der Waals surface area contributed by atoms with Gasteiger partial charge in [0.05, 0.1) is 12.6 Å². The van der Waals surface area contributed by atoms with E-state index in [-0.39, 0.29) is 6.10 Å². The third-order valence-corrected chi connectivity index (χ3v) is 5.58. The van der Waals surface area contributed by atoms with Crippen LogP contribution in [0.5, 0.6) is 0 Å². The van der Waals surface area contributed by atoms with Gasteiger partial charge in [-0.3, -0.25) is 14.5 Å². The fourth-order valence-corrected chi connectivity index (χ4v) is 4.30. The lowest BCUT2D eigenvalue weighted by Crippen LogP contribution is -2.44. The highest BCUT2D eigenvalue weighted by molar-refractivity contribution is 5.29. The van der Waals surface area contributed by atoms with Crippen LogP contribution in [0.25, 0.3) is 0 Å². The van der Waals surface area contributed by atoms with Gasteiger partial charge in [0.15, 0.2) is 0 Å². The highest BCUT2D eigenvalue weighted by Gasteiger charge is 2.27. The highest BCUT2D eigenvalue weighted by atomic mass is 16.3. The van der Waals surface area contributed by atoms with E-state index in [0.717, 1.165) is 45.7 Å². The maximum atomic E-state index is 10.6. The summed E-state index contributed by atoms with van der Waals surface area (Å²) in [6.45, 7) is 5.56. The first-order valence-electron chi connectivity index (χ1n) is 9.46. The van der Waals surface area contributed by atoms with Crippen molar-refractivity contribution in [1.82, 2.24) is 19.6 Å². The van der Waals surface area contributed by atoms with Crippen LogP contribution < -0.4 is 0 Å². The maximum absolute atomic E-state index is 10.6. The molecule has 1 saturated heterocycles. The van der Waals surface area contributed by atoms with Crippen LogP contribution in [-0.4, -0.2) is 63.0 Å². The third kappa shape index (κ3) is 4.11. The summed E-state index contributed by atoms with van der Waals surface area (Å²) in [5.41, 5.74) is 2.88. The summed E-state index contributed by atoms with van der Waals surface area (Å²) in [6.07, 6.45) is 7.08. The summed E-state index contributed by atoms with van der Waals surface area (Å²) >= 11 is 0. The standard InChI is InChI=1S/C20H28N4O/c25-20(15-22-12-8-17-5-1-2-6-18(17)13-22)16-23-10-3-7-19(23)14-24-11-4-9-21-24/h1-2,4-6,9,11,19-20,25H,3,7-8,10,12-16H2/t19-,20+/m0/s1. The molecule has 0 saturated carbocycles. The van der Waals surface area contributed by atoms with Crippen LogP contribution in [0.15, 0.2) is 42.7 Å². The van der Waals surface area contributed by atoms with Crippen molar-refractivity contribution in [2.45, 2.75) is 44.5 Å². The van der Waals surface area contributed by atoms with Gasteiger partial charge in [-0.1, -0.05) is 24.3 Å². The number of fused-ring (bicyclic) bond motifs is 1. The van der Waals surface area contributed by atoms with E-state index in [4.69, 9.17) is 0 Å². The van der Waals surface area contributed by atoms with Crippen molar-refractivity contribution in [3.8, 4) is 0 Å². The minimum absolute atomic E-state index is 0.288. The molecule has 2 atom stereocenters. The number of hydrogen-bond acceptors (Lipinski definition) is 4. The predicted molar refractivity (Wildman–Crippen MR) is 98.3 cm³/mol. The van der Waals surface area contributed by atoms with Crippen molar-refractivity contribution >= 4 is 0 Å². The zero-order valence-corrected chi connectivity index (χ0v) is 14.8. The van der Waals surface area contributed by atoms with Gasteiger partial charge in [-0.05, 0) is 43.0 Å². The predicted octanol–water partition coefficient (Wildman–Crippen LogP) is 1.77. The topological polar surface area (TPSA) is 44.5 Å². The van der Waals surface area contributed by atoms with E-state index in [2.05, 4.69) is 39.2 Å². The van der Waals surface area contributed by atoms with Crippen molar-refractivity contribution in [2.24, 2.45) is 0 Å². The van der Waals surface area contributed by atoms with Gasteiger partial charge >= 0.3 is 0 Å².